The number of hydrogen-bond donors (Lipinski definition) is 3. The number of carbonyl (C=O) groups is 1. The fourth-order valence-corrected chi connectivity index (χ4v) is 3.23. The first-order valence-electron chi connectivity index (χ1n) is 9.86. The van der Waals surface area contributed by atoms with Gasteiger partial charge in [-0.3, -0.25) is 14.5 Å². The third kappa shape index (κ3) is 4.90. The van der Waals surface area contributed by atoms with Crippen LogP contribution >= 0.6 is 0 Å². The van der Waals surface area contributed by atoms with Crippen molar-refractivity contribution >= 4 is 16.8 Å². The Morgan fingerprint density at radius 2 is 2.07 bits per heavy atom. The number of aromatic amines is 1. The summed E-state index contributed by atoms with van der Waals surface area (Å²) >= 11 is 0. The smallest absolute Gasteiger partial charge is 0.254 e. The highest BCUT2D eigenvalue weighted by Crippen LogP contribution is 2.14. The Bertz CT molecular complexity index is 1100. The van der Waals surface area contributed by atoms with E-state index in [1.54, 1.807) is 10.9 Å². The minimum Gasteiger partial charge on any atom is -0.358 e. The minimum atomic E-state index is -0.438. The molecule has 4 rings (SSSR count). The highest BCUT2D eigenvalue weighted by Gasteiger charge is 2.10. The second kappa shape index (κ2) is 9.32. The van der Waals surface area contributed by atoms with Crippen LogP contribution in [0.15, 0.2) is 61.1 Å². The Morgan fingerprint density at radius 1 is 1.17 bits per heavy atom. The summed E-state index contributed by atoms with van der Waals surface area (Å²) < 4.78 is 15.3. The number of pyridine rings is 1. The van der Waals surface area contributed by atoms with E-state index in [0.717, 1.165) is 25.0 Å². The Morgan fingerprint density at radius 3 is 2.93 bits per heavy atom. The Hall–Kier alpha value is -3.52. The van der Waals surface area contributed by atoms with Gasteiger partial charge in [0.15, 0.2) is 0 Å². The van der Waals surface area contributed by atoms with Crippen LogP contribution in [0.5, 0.6) is 0 Å². The van der Waals surface area contributed by atoms with E-state index in [-0.39, 0.29) is 18.1 Å². The number of hydrogen-bond acceptors (Lipinski definition) is 4. The van der Waals surface area contributed by atoms with E-state index in [2.05, 4.69) is 43.9 Å². The molecule has 30 heavy (non-hydrogen) atoms. The first-order valence-corrected chi connectivity index (χ1v) is 9.86. The minimum absolute atomic E-state index is 0.0337. The molecule has 0 aliphatic rings. The second-order valence-corrected chi connectivity index (χ2v) is 6.99. The van der Waals surface area contributed by atoms with E-state index in [9.17, 15) is 9.18 Å². The van der Waals surface area contributed by atoms with E-state index < -0.39 is 5.82 Å². The van der Waals surface area contributed by atoms with Gasteiger partial charge in [0.05, 0.1) is 30.5 Å². The van der Waals surface area contributed by atoms with Gasteiger partial charge in [-0.2, -0.15) is 5.10 Å². The lowest BCUT2D eigenvalue weighted by atomic mass is 10.2. The number of nitrogens with one attached hydrogen (secondary N) is 3. The number of aromatic nitrogens is 4. The van der Waals surface area contributed by atoms with Crippen LogP contribution in [0.3, 0.4) is 0 Å². The molecule has 1 aromatic carbocycles. The fraction of sp³-hybridized carbons (Fsp3) is 0.227. The molecule has 0 fully saturated rings. The lowest BCUT2D eigenvalue weighted by Gasteiger charge is -2.05. The lowest BCUT2D eigenvalue weighted by Crippen LogP contribution is -2.24. The average molecular weight is 406 g/mol. The molecule has 0 aliphatic heterocycles. The van der Waals surface area contributed by atoms with Gasteiger partial charge in [-0.1, -0.05) is 18.2 Å². The third-order valence-electron chi connectivity index (χ3n) is 4.82. The maximum Gasteiger partial charge on any atom is 0.254 e. The molecule has 7 nitrogen and oxygen atoms in total. The van der Waals surface area contributed by atoms with Crippen LogP contribution in [-0.4, -0.2) is 38.7 Å². The van der Waals surface area contributed by atoms with Gasteiger partial charge in [0.2, 0.25) is 0 Å². The molecule has 3 heterocycles. The summed E-state index contributed by atoms with van der Waals surface area (Å²) in [7, 11) is 0. The van der Waals surface area contributed by atoms with Crippen molar-refractivity contribution in [3.63, 3.8) is 0 Å². The molecule has 0 atom stereocenters. The maximum atomic E-state index is 13.6. The van der Waals surface area contributed by atoms with E-state index in [1.807, 2.05) is 12.1 Å². The summed E-state index contributed by atoms with van der Waals surface area (Å²) in [6.45, 7) is 2.26. The normalized spacial score (nSPS) is 11.1. The Labute approximate surface area is 173 Å². The molecule has 0 aliphatic carbocycles. The summed E-state index contributed by atoms with van der Waals surface area (Å²) in [4.78, 5) is 19.6. The molecule has 154 valence electrons. The van der Waals surface area contributed by atoms with E-state index in [4.69, 9.17) is 0 Å². The number of H-pyrrole nitrogens is 1. The van der Waals surface area contributed by atoms with Crippen molar-refractivity contribution in [2.75, 3.05) is 13.1 Å². The van der Waals surface area contributed by atoms with E-state index >= 15 is 0 Å². The highest BCUT2D eigenvalue weighted by molar-refractivity contribution is 5.93. The van der Waals surface area contributed by atoms with Crippen molar-refractivity contribution in [2.45, 2.75) is 19.5 Å². The van der Waals surface area contributed by atoms with Gasteiger partial charge in [-0.15, -0.1) is 0 Å². The summed E-state index contributed by atoms with van der Waals surface area (Å²) in [5.74, 6) is -0.745. The molecule has 0 bridgehead atoms. The highest BCUT2D eigenvalue weighted by atomic mass is 19.1. The van der Waals surface area contributed by atoms with Crippen LogP contribution in [0.4, 0.5) is 4.39 Å². The standard InChI is InChI=1S/C22H23FN6O/c23-19-5-3-8-25-21(19)14-26-22(30)17-13-27-29(15-17)11-10-24-9-7-18-12-16-4-1-2-6-20(16)28-18/h1-6,8,12-13,15,24,28H,7,9-11,14H2,(H,26,30). The zero-order chi connectivity index (χ0) is 20.8. The van der Waals surface area contributed by atoms with Gasteiger partial charge in [0, 0.05) is 36.7 Å². The van der Waals surface area contributed by atoms with Gasteiger partial charge >= 0.3 is 0 Å². The summed E-state index contributed by atoms with van der Waals surface area (Å²) in [6, 6.07) is 13.2. The van der Waals surface area contributed by atoms with Crippen molar-refractivity contribution in [1.29, 1.82) is 0 Å². The summed E-state index contributed by atoms with van der Waals surface area (Å²) in [5.41, 5.74) is 2.99. The van der Waals surface area contributed by atoms with Crippen LogP contribution in [0.1, 0.15) is 21.7 Å². The number of para-hydroxylation sites is 1. The van der Waals surface area contributed by atoms with Crippen molar-refractivity contribution in [2.24, 2.45) is 0 Å². The largest absolute Gasteiger partial charge is 0.358 e. The quantitative estimate of drug-likeness (QED) is 0.373. The van der Waals surface area contributed by atoms with Crippen molar-refractivity contribution in [3.05, 3.63) is 83.8 Å². The van der Waals surface area contributed by atoms with Crippen LogP contribution in [0.2, 0.25) is 0 Å². The first-order chi connectivity index (χ1) is 14.7. The van der Waals surface area contributed by atoms with Gasteiger partial charge < -0.3 is 15.6 Å². The van der Waals surface area contributed by atoms with E-state index in [0.29, 0.717) is 12.1 Å². The van der Waals surface area contributed by atoms with Gasteiger partial charge in [0.1, 0.15) is 5.82 Å². The zero-order valence-corrected chi connectivity index (χ0v) is 16.4. The average Bonchev–Trinajstić information content (AvgIpc) is 3.39. The Kier molecular flexibility index (Phi) is 6.14. The van der Waals surface area contributed by atoms with Crippen molar-refractivity contribution in [3.8, 4) is 0 Å². The number of amides is 1. The number of halogens is 1. The predicted molar refractivity (Wildman–Crippen MR) is 112 cm³/mol. The zero-order valence-electron chi connectivity index (χ0n) is 16.4. The fourth-order valence-electron chi connectivity index (χ4n) is 3.23. The molecule has 0 saturated carbocycles. The molecule has 0 unspecified atom stereocenters. The molecule has 0 spiro atoms. The molecular weight excluding hydrogens is 383 g/mol. The number of benzene rings is 1. The van der Waals surface area contributed by atoms with Crippen LogP contribution in [-0.2, 0) is 19.5 Å². The predicted octanol–water partition coefficient (Wildman–Crippen LogP) is 2.66. The number of nitrogens with zero attached hydrogens (tertiary/aromatic N) is 3. The molecule has 8 heteroatoms. The van der Waals surface area contributed by atoms with Crippen molar-refractivity contribution < 1.29 is 9.18 Å². The van der Waals surface area contributed by atoms with Gasteiger partial charge in [0.25, 0.3) is 5.91 Å². The van der Waals surface area contributed by atoms with Crippen LogP contribution in [0.25, 0.3) is 10.9 Å². The number of fused-ring (bicyclic) bond motifs is 1. The summed E-state index contributed by atoms with van der Waals surface area (Å²) in [6.07, 6.45) is 5.59. The Balaban J connectivity index is 1.19. The maximum absolute atomic E-state index is 13.6. The molecule has 1 amide bonds. The second-order valence-electron chi connectivity index (χ2n) is 6.99. The third-order valence-corrected chi connectivity index (χ3v) is 4.82. The molecule has 3 N–H and O–H groups in total. The monoisotopic (exact) mass is 406 g/mol. The van der Waals surface area contributed by atoms with Gasteiger partial charge in [-0.05, 0) is 36.1 Å². The lowest BCUT2D eigenvalue weighted by molar-refractivity contribution is 0.0950. The molecule has 0 radical (unpaired) electrons. The van der Waals surface area contributed by atoms with E-state index in [1.165, 1.54) is 35.6 Å². The summed E-state index contributed by atoms with van der Waals surface area (Å²) in [5, 5.41) is 11.5. The molecular formula is C22H23FN6O. The topological polar surface area (TPSA) is 87.6 Å². The molecule has 3 aromatic heterocycles. The molecule has 4 aromatic rings. The van der Waals surface area contributed by atoms with Crippen LogP contribution in [0, 0.1) is 5.82 Å². The SMILES string of the molecule is O=C(NCc1ncccc1F)c1cnn(CCNCCc2cc3ccccc3[nH]2)c1. The first kappa shape index (κ1) is 19.8. The number of carbonyl (C=O) groups excluding carboxylic acids is 1. The van der Waals surface area contributed by atoms with Crippen molar-refractivity contribution in [1.82, 2.24) is 30.4 Å². The van der Waals surface area contributed by atoms with Crippen LogP contribution < -0.4 is 10.6 Å². The number of rotatable bonds is 9. The molecule has 0 saturated heterocycles. The van der Waals surface area contributed by atoms with Gasteiger partial charge in [-0.25, -0.2) is 4.39 Å².